The molecule has 0 bridgehead atoms. The Morgan fingerprint density at radius 3 is 2.65 bits per heavy atom. The van der Waals surface area contributed by atoms with E-state index in [0.717, 1.165) is 33.6 Å². The number of ether oxygens (including phenoxy) is 1. The largest absolute Gasteiger partial charge is 0.485 e. The van der Waals surface area contributed by atoms with Crippen LogP contribution in [0.4, 0.5) is 5.69 Å². The van der Waals surface area contributed by atoms with E-state index in [-0.39, 0.29) is 11.7 Å². The first-order valence-electron chi connectivity index (χ1n) is 10.2. The van der Waals surface area contributed by atoms with Gasteiger partial charge in [-0.2, -0.15) is 0 Å². The zero-order valence-corrected chi connectivity index (χ0v) is 18.4. The van der Waals surface area contributed by atoms with Crippen LogP contribution in [0.5, 0.6) is 5.75 Å². The molecule has 4 rings (SSSR count). The molecular formula is C24H24N4O2S. The number of aryl methyl sites for hydroxylation is 1. The number of nitrogens with one attached hydrogen (secondary N) is 1. The zero-order valence-electron chi connectivity index (χ0n) is 17.5. The molecule has 31 heavy (non-hydrogen) atoms. The molecule has 0 aliphatic rings. The fourth-order valence-electron chi connectivity index (χ4n) is 3.34. The van der Waals surface area contributed by atoms with Crippen molar-refractivity contribution in [2.24, 2.45) is 0 Å². The van der Waals surface area contributed by atoms with Crippen molar-refractivity contribution in [2.75, 3.05) is 11.1 Å². The Bertz CT molecular complexity index is 1200. The number of rotatable bonds is 8. The van der Waals surface area contributed by atoms with E-state index < -0.39 is 0 Å². The maximum atomic E-state index is 12.4. The molecular weight excluding hydrogens is 408 g/mol. The third-order valence-electron chi connectivity index (χ3n) is 4.97. The van der Waals surface area contributed by atoms with Gasteiger partial charge in [0.05, 0.1) is 5.75 Å². The number of thioether (sulfide) groups is 1. The van der Waals surface area contributed by atoms with Crippen molar-refractivity contribution < 1.29 is 9.53 Å². The number of nitrogens with zero attached hydrogens (tertiary/aromatic N) is 3. The third-order valence-corrected chi connectivity index (χ3v) is 5.93. The van der Waals surface area contributed by atoms with E-state index in [1.807, 2.05) is 73.0 Å². The summed E-state index contributed by atoms with van der Waals surface area (Å²) in [7, 11) is 0. The quantitative estimate of drug-likeness (QED) is 0.394. The van der Waals surface area contributed by atoms with E-state index in [9.17, 15) is 4.79 Å². The molecule has 1 heterocycles. The Hall–Kier alpha value is -3.32. The van der Waals surface area contributed by atoms with Gasteiger partial charge >= 0.3 is 0 Å². The molecule has 1 aromatic heterocycles. The summed E-state index contributed by atoms with van der Waals surface area (Å²) in [5, 5.41) is 14.4. The summed E-state index contributed by atoms with van der Waals surface area (Å²) in [5.41, 5.74) is 1.86. The molecule has 4 aromatic rings. The third kappa shape index (κ3) is 4.88. The Morgan fingerprint density at radius 1 is 1.03 bits per heavy atom. The summed E-state index contributed by atoms with van der Waals surface area (Å²) >= 11 is 1.37. The molecule has 0 saturated carbocycles. The highest BCUT2D eigenvalue weighted by molar-refractivity contribution is 7.99. The van der Waals surface area contributed by atoms with Gasteiger partial charge < -0.3 is 14.6 Å². The Kier molecular flexibility index (Phi) is 6.52. The number of para-hydroxylation sites is 1. The van der Waals surface area contributed by atoms with Gasteiger partial charge in [0, 0.05) is 17.6 Å². The van der Waals surface area contributed by atoms with Crippen LogP contribution in [0.3, 0.4) is 0 Å². The molecule has 0 aliphatic heterocycles. The zero-order chi connectivity index (χ0) is 21.6. The van der Waals surface area contributed by atoms with Crippen LogP contribution < -0.4 is 10.1 Å². The summed E-state index contributed by atoms with van der Waals surface area (Å²) < 4.78 is 8.05. The van der Waals surface area contributed by atoms with Gasteiger partial charge in [-0.15, -0.1) is 10.2 Å². The van der Waals surface area contributed by atoms with Gasteiger partial charge in [0.25, 0.3) is 0 Å². The average Bonchev–Trinajstić information content (AvgIpc) is 3.19. The lowest BCUT2D eigenvalue weighted by Crippen LogP contribution is -2.15. The first-order valence-corrected chi connectivity index (χ1v) is 11.1. The number of fused-ring (bicyclic) bond motifs is 1. The van der Waals surface area contributed by atoms with Crippen LogP contribution in [0.15, 0.2) is 71.9 Å². The van der Waals surface area contributed by atoms with E-state index in [4.69, 9.17) is 4.74 Å². The van der Waals surface area contributed by atoms with Gasteiger partial charge in [-0.05, 0) is 36.9 Å². The van der Waals surface area contributed by atoms with Crippen molar-refractivity contribution in [2.45, 2.75) is 32.2 Å². The van der Waals surface area contributed by atoms with Crippen LogP contribution in [0, 0.1) is 6.92 Å². The molecule has 0 saturated heterocycles. The number of hydrogen-bond donors (Lipinski definition) is 1. The molecule has 7 heteroatoms. The highest BCUT2D eigenvalue weighted by Crippen LogP contribution is 2.26. The highest BCUT2D eigenvalue weighted by Gasteiger charge is 2.14. The molecule has 0 unspecified atom stereocenters. The number of carbonyl (C=O) groups is 1. The smallest absolute Gasteiger partial charge is 0.234 e. The van der Waals surface area contributed by atoms with Gasteiger partial charge in [-0.1, -0.05) is 66.4 Å². The molecule has 3 aromatic carbocycles. The molecule has 0 atom stereocenters. The van der Waals surface area contributed by atoms with Crippen LogP contribution in [0.2, 0.25) is 0 Å². The van der Waals surface area contributed by atoms with Crippen LogP contribution >= 0.6 is 11.8 Å². The summed E-state index contributed by atoms with van der Waals surface area (Å²) in [5.74, 6) is 1.74. The molecule has 0 aliphatic carbocycles. The number of amides is 1. The Balaban J connectivity index is 1.40. The van der Waals surface area contributed by atoms with E-state index in [0.29, 0.717) is 18.3 Å². The fraction of sp³-hybridized carbons (Fsp3) is 0.208. The topological polar surface area (TPSA) is 69.0 Å². The Labute approximate surface area is 185 Å². The van der Waals surface area contributed by atoms with Gasteiger partial charge in [-0.3, -0.25) is 4.79 Å². The monoisotopic (exact) mass is 432 g/mol. The maximum Gasteiger partial charge on any atom is 0.234 e. The molecule has 0 fully saturated rings. The van der Waals surface area contributed by atoms with Gasteiger partial charge in [-0.25, -0.2) is 0 Å². The lowest BCUT2D eigenvalue weighted by atomic mass is 10.1. The predicted molar refractivity (Wildman–Crippen MR) is 125 cm³/mol. The molecule has 1 amide bonds. The predicted octanol–water partition coefficient (Wildman–Crippen LogP) is 5.07. The first-order chi connectivity index (χ1) is 15.2. The van der Waals surface area contributed by atoms with Crippen LogP contribution in [-0.4, -0.2) is 26.4 Å². The fourth-order valence-corrected chi connectivity index (χ4v) is 4.16. The van der Waals surface area contributed by atoms with Gasteiger partial charge in [0.2, 0.25) is 5.91 Å². The summed E-state index contributed by atoms with van der Waals surface area (Å²) in [4.78, 5) is 12.4. The molecule has 1 N–H and O–H groups in total. The number of anilines is 1. The van der Waals surface area contributed by atoms with Crippen molar-refractivity contribution in [1.29, 1.82) is 0 Å². The second kappa shape index (κ2) is 9.66. The minimum atomic E-state index is -0.0708. The van der Waals surface area contributed by atoms with Crippen LogP contribution in [0.25, 0.3) is 10.8 Å². The van der Waals surface area contributed by atoms with E-state index in [1.165, 1.54) is 11.8 Å². The highest BCUT2D eigenvalue weighted by atomic mass is 32.2. The van der Waals surface area contributed by atoms with Crippen molar-refractivity contribution in [3.63, 3.8) is 0 Å². The molecule has 0 spiro atoms. The Morgan fingerprint density at radius 2 is 1.81 bits per heavy atom. The van der Waals surface area contributed by atoms with Crippen molar-refractivity contribution in [3.05, 3.63) is 78.1 Å². The number of benzene rings is 3. The van der Waals surface area contributed by atoms with Gasteiger partial charge in [0.1, 0.15) is 12.4 Å². The summed E-state index contributed by atoms with van der Waals surface area (Å²) in [6.07, 6.45) is 0. The lowest BCUT2D eigenvalue weighted by Gasteiger charge is -2.11. The van der Waals surface area contributed by atoms with E-state index >= 15 is 0 Å². The van der Waals surface area contributed by atoms with Crippen molar-refractivity contribution in [3.8, 4) is 5.75 Å². The van der Waals surface area contributed by atoms with E-state index in [2.05, 4.69) is 27.6 Å². The second-order valence-electron chi connectivity index (χ2n) is 7.06. The van der Waals surface area contributed by atoms with Gasteiger partial charge in [0.15, 0.2) is 11.0 Å². The second-order valence-corrected chi connectivity index (χ2v) is 8.00. The van der Waals surface area contributed by atoms with Crippen molar-refractivity contribution in [1.82, 2.24) is 14.8 Å². The van der Waals surface area contributed by atoms with E-state index in [1.54, 1.807) is 0 Å². The number of hydrogen-bond acceptors (Lipinski definition) is 5. The van der Waals surface area contributed by atoms with Crippen LogP contribution in [0.1, 0.15) is 18.3 Å². The number of aromatic nitrogens is 3. The first kappa shape index (κ1) is 20.9. The molecule has 0 radical (unpaired) electrons. The van der Waals surface area contributed by atoms with Crippen molar-refractivity contribution >= 4 is 34.1 Å². The minimum absolute atomic E-state index is 0.0708. The standard InChI is InChI=1S/C24H24N4O2S/c1-3-28-22(15-30-21-14-8-11-18-10-5-6-12-19(18)21)26-27-24(28)31-16-23(29)25-20-13-7-4-9-17(20)2/h4-14H,3,15-16H2,1-2H3,(H,25,29). The minimum Gasteiger partial charge on any atom is -0.485 e. The average molecular weight is 433 g/mol. The summed E-state index contributed by atoms with van der Waals surface area (Å²) in [6, 6.07) is 21.9. The maximum absolute atomic E-state index is 12.4. The normalized spacial score (nSPS) is 10.9. The molecule has 6 nitrogen and oxygen atoms in total. The molecule has 158 valence electrons. The summed E-state index contributed by atoms with van der Waals surface area (Å²) in [6.45, 7) is 5.01. The number of carbonyl (C=O) groups excluding carboxylic acids is 1. The van der Waals surface area contributed by atoms with Crippen LogP contribution in [-0.2, 0) is 17.9 Å². The SMILES string of the molecule is CCn1c(COc2cccc3ccccc23)nnc1SCC(=O)Nc1ccccc1C. The lowest BCUT2D eigenvalue weighted by molar-refractivity contribution is -0.113.